The van der Waals surface area contributed by atoms with E-state index in [2.05, 4.69) is 39.0 Å². The Kier molecular flexibility index (Phi) is 7.63. The molecule has 0 fully saturated rings. The zero-order valence-corrected chi connectivity index (χ0v) is 19.9. The summed E-state index contributed by atoms with van der Waals surface area (Å²) in [7, 11) is 0. The maximum absolute atomic E-state index is 13.2. The van der Waals surface area contributed by atoms with Crippen molar-refractivity contribution in [3.8, 4) is 0 Å². The van der Waals surface area contributed by atoms with Gasteiger partial charge in [-0.3, -0.25) is 19.1 Å². The van der Waals surface area contributed by atoms with Gasteiger partial charge in [-0.15, -0.1) is 0 Å². The Bertz CT molecular complexity index is 1240. The Morgan fingerprint density at radius 3 is 2.48 bits per heavy atom. The van der Waals surface area contributed by atoms with Crippen LogP contribution in [-0.2, 0) is 13.1 Å². The van der Waals surface area contributed by atoms with Crippen LogP contribution in [0.1, 0.15) is 68.6 Å². The van der Waals surface area contributed by atoms with Crippen LogP contribution in [-0.4, -0.2) is 38.5 Å². The fraction of sp³-hybridized carbons (Fsp3) is 0.458. The molecule has 0 saturated heterocycles. The van der Waals surface area contributed by atoms with E-state index in [-0.39, 0.29) is 29.1 Å². The van der Waals surface area contributed by atoms with Crippen LogP contribution >= 0.6 is 0 Å². The molecule has 1 amide bonds. The molecular weight excluding hydrogens is 420 g/mol. The number of nitrogens with one attached hydrogen (secondary N) is 2. The number of aryl methyl sites for hydroxylation is 1. The highest BCUT2D eigenvalue weighted by molar-refractivity contribution is 6.05. The zero-order valence-electron chi connectivity index (χ0n) is 19.9. The summed E-state index contributed by atoms with van der Waals surface area (Å²) in [6.07, 6.45) is 2.43. The van der Waals surface area contributed by atoms with Crippen molar-refractivity contribution < 1.29 is 4.79 Å². The SMILES string of the molecule is CCCn1c(=O)[nH]c(=O)c2c(C(=O)NCc3ccc(N(CC)CC)nc3)cc(C(C)C)nc21. The monoisotopic (exact) mass is 452 g/mol. The Morgan fingerprint density at radius 2 is 1.91 bits per heavy atom. The first-order valence-corrected chi connectivity index (χ1v) is 11.5. The van der Waals surface area contributed by atoms with Gasteiger partial charge < -0.3 is 10.2 Å². The molecule has 0 aromatic carbocycles. The van der Waals surface area contributed by atoms with Gasteiger partial charge >= 0.3 is 5.69 Å². The van der Waals surface area contributed by atoms with Gasteiger partial charge in [-0.25, -0.2) is 14.8 Å². The second-order valence-electron chi connectivity index (χ2n) is 8.24. The molecule has 3 aromatic heterocycles. The van der Waals surface area contributed by atoms with Gasteiger partial charge in [-0.1, -0.05) is 26.8 Å². The molecule has 0 radical (unpaired) electrons. The molecule has 176 valence electrons. The molecule has 0 bridgehead atoms. The molecule has 0 atom stereocenters. The summed E-state index contributed by atoms with van der Waals surface area (Å²) < 4.78 is 1.43. The number of hydrogen-bond acceptors (Lipinski definition) is 6. The van der Waals surface area contributed by atoms with Gasteiger partial charge in [0.25, 0.3) is 11.5 Å². The number of carbonyl (C=O) groups excluding carboxylic acids is 1. The maximum Gasteiger partial charge on any atom is 0.329 e. The molecule has 0 saturated carbocycles. The smallest absolute Gasteiger partial charge is 0.329 e. The molecular formula is C24H32N6O3. The lowest BCUT2D eigenvalue weighted by molar-refractivity contribution is 0.0952. The van der Waals surface area contributed by atoms with Crippen molar-refractivity contribution in [3.05, 3.63) is 62.1 Å². The van der Waals surface area contributed by atoms with E-state index in [0.717, 1.165) is 24.5 Å². The molecule has 0 aliphatic rings. The number of pyridine rings is 2. The van der Waals surface area contributed by atoms with Crippen LogP contribution < -0.4 is 21.5 Å². The molecule has 9 nitrogen and oxygen atoms in total. The lowest BCUT2D eigenvalue weighted by atomic mass is 10.0. The van der Waals surface area contributed by atoms with E-state index in [9.17, 15) is 14.4 Å². The van der Waals surface area contributed by atoms with Gasteiger partial charge in [0.2, 0.25) is 0 Å². The quantitative estimate of drug-likeness (QED) is 0.516. The van der Waals surface area contributed by atoms with Crippen LogP contribution in [0.4, 0.5) is 5.82 Å². The van der Waals surface area contributed by atoms with Crippen LogP contribution in [0.25, 0.3) is 11.0 Å². The van der Waals surface area contributed by atoms with Gasteiger partial charge in [0, 0.05) is 38.1 Å². The molecule has 0 spiro atoms. The van der Waals surface area contributed by atoms with E-state index in [0.29, 0.717) is 18.7 Å². The molecule has 33 heavy (non-hydrogen) atoms. The minimum Gasteiger partial charge on any atom is -0.357 e. The van der Waals surface area contributed by atoms with Crippen LogP contribution in [0, 0.1) is 0 Å². The Hall–Kier alpha value is -3.49. The third-order valence-corrected chi connectivity index (χ3v) is 5.60. The van der Waals surface area contributed by atoms with E-state index >= 15 is 0 Å². The molecule has 0 aliphatic heterocycles. The largest absolute Gasteiger partial charge is 0.357 e. The first kappa shape index (κ1) is 24.2. The number of aromatic nitrogens is 4. The summed E-state index contributed by atoms with van der Waals surface area (Å²) in [6.45, 7) is 12.4. The molecule has 2 N–H and O–H groups in total. The summed E-state index contributed by atoms with van der Waals surface area (Å²) in [4.78, 5) is 51.8. The standard InChI is InChI=1S/C24H32N6O3/c1-6-11-30-21-20(23(32)28-24(30)33)17(12-18(27-21)15(4)5)22(31)26-14-16-9-10-19(25-13-16)29(7-2)8-3/h9-10,12-13,15H,6-8,11,14H2,1-5H3,(H,26,31)(H,28,32,33). The number of nitrogens with zero attached hydrogens (tertiary/aromatic N) is 4. The molecule has 0 unspecified atom stereocenters. The summed E-state index contributed by atoms with van der Waals surface area (Å²) >= 11 is 0. The van der Waals surface area contributed by atoms with Crippen LogP contribution in [0.3, 0.4) is 0 Å². The zero-order chi connectivity index (χ0) is 24.1. The topological polar surface area (TPSA) is 113 Å². The Labute approximate surface area is 192 Å². The normalized spacial score (nSPS) is 11.2. The maximum atomic E-state index is 13.2. The molecule has 3 heterocycles. The predicted molar refractivity (Wildman–Crippen MR) is 130 cm³/mol. The van der Waals surface area contributed by atoms with E-state index < -0.39 is 17.2 Å². The number of hydrogen-bond donors (Lipinski definition) is 2. The van der Waals surface area contributed by atoms with Gasteiger partial charge in [0.1, 0.15) is 5.82 Å². The van der Waals surface area contributed by atoms with Crippen LogP contribution in [0.5, 0.6) is 0 Å². The average Bonchev–Trinajstić information content (AvgIpc) is 2.80. The van der Waals surface area contributed by atoms with Crippen molar-refractivity contribution in [1.29, 1.82) is 0 Å². The number of anilines is 1. The van der Waals surface area contributed by atoms with Crippen molar-refractivity contribution in [3.63, 3.8) is 0 Å². The number of aromatic amines is 1. The van der Waals surface area contributed by atoms with Crippen molar-refractivity contribution in [2.45, 2.75) is 60.0 Å². The van der Waals surface area contributed by atoms with Crippen LogP contribution in [0.2, 0.25) is 0 Å². The lowest BCUT2D eigenvalue weighted by Gasteiger charge is -2.19. The Morgan fingerprint density at radius 1 is 1.18 bits per heavy atom. The van der Waals surface area contributed by atoms with E-state index in [1.807, 2.05) is 32.9 Å². The number of amides is 1. The fourth-order valence-electron chi connectivity index (χ4n) is 3.73. The third kappa shape index (κ3) is 5.13. The fourth-order valence-corrected chi connectivity index (χ4v) is 3.73. The number of fused-ring (bicyclic) bond motifs is 1. The highest BCUT2D eigenvalue weighted by Gasteiger charge is 2.20. The van der Waals surface area contributed by atoms with E-state index in [4.69, 9.17) is 0 Å². The van der Waals surface area contributed by atoms with Crippen molar-refractivity contribution in [2.75, 3.05) is 18.0 Å². The first-order valence-electron chi connectivity index (χ1n) is 11.5. The summed E-state index contributed by atoms with van der Waals surface area (Å²) in [5.41, 5.74) is 0.815. The highest BCUT2D eigenvalue weighted by atomic mass is 16.2. The molecule has 9 heteroatoms. The van der Waals surface area contributed by atoms with E-state index in [1.165, 1.54) is 4.57 Å². The average molecular weight is 453 g/mol. The van der Waals surface area contributed by atoms with Crippen LogP contribution in [0.15, 0.2) is 34.0 Å². The van der Waals surface area contributed by atoms with E-state index in [1.54, 1.807) is 12.3 Å². The Balaban J connectivity index is 1.97. The summed E-state index contributed by atoms with van der Waals surface area (Å²) in [6, 6.07) is 5.50. The number of carbonyl (C=O) groups is 1. The van der Waals surface area contributed by atoms with Crippen molar-refractivity contribution >= 4 is 22.8 Å². The minimum absolute atomic E-state index is 0.0160. The number of rotatable bonds is 9. The highest BCUT2D eigenvalue weighted by Crippen LogP contribution is 2.20. The second kappa shape index (κ2) is 10.4. The second-order valence-corrected chi connectivity index (χ2v) is 8.24. The predicted octanol–water partition coefficient (Wildman–Crippen LogP) is 2.79. The van der Waals surface area contributed by atoms with Gasteiger partial charge in [0.15, 0.2) is 5.65 Å². The summed E-state index contributed by atoms with van der Waals surface area (Å²) in [5.74, 6) is 0.503. The molecule has 3 aromatic rings. The first-order chi connectivity index (χ1) is 15.8. The van der Waals surface area contributed by atoms with Gasteiger partial charge in [-0.05, 0) is 43.9 Å². The van der Waals surface area contributed by atoms with Crippen molar-refractivity contribution in [2.24, 2.45) is 0 Å². The number of H-pyrrole nitrogens is 1. The lowest BCUT2D eigenvalue weighted by Crippen LogP contribution is -2.33. The van der Waals surface area contributed by atoms with Gasteiger partial charge in [0.05, 0.1) is 10.9 Å². The molecule has 3 rings (SSSR count). The van der Waals surface area contributed by atoms with Gasteiger partial charge in [-0.2, -0.15) is 0 Å². The minimum atomic E-state index is -0.611. The third-order valence-electron chi connectivity index (χ3n) is 5.60. The van der Waals surface area contributed by atoms with Crippen molar-refractivity contribution in [1.82, 2.24) is 24.8 Å². The molecule has 0 aliphatic carbocycles. The summed E-state index contributed by atoms with van der Waals surface area (Å²) in [5, 5.41) is 3.01.